The van der Waals surface area contributed by atoms with Crippen molar-refractivity contribution >= 4 is 34.8 Å². The van der Waals surface area contributed by atoms with Crippen molar-refractivity contribution in [3.63, 3.8) is 0 Å². The Morgan fingerprint density at radius 1 is 1.02 bits per heavy atom. The van der Waals surface area contributed by atoms with Gasteiger partial charge in [0.15, 0.2) is 23.2 Å². The fourth-order valence-corrected chi connectivity index (χ4v) is 5.54. The summed E-state index contributed by atoms with van der Waals surface area (Å²) in [6.45, 7) is -1.24. The maximum atomic E-state index is 12.7. The molecular weight excluding hydrogens is 627 g/mol. The molecule has 17 heteroatoms. The van der Waals surface area contributed by atoms with Gasteiger partial charge in [0.2, 0.25) is 5.95 Å². The quantitative estimate of drug-likeness (QED) is 0.204. The van der Waals surface area contributed by atoms with Crippen molar-refractivity contribution in [3.05, 3.63) is 78.1 Å². The van der Waals surface area contributed by atoms with E-state index in [0.717, 1.165) is 11.1 Å². The van der Waals surface area contributed by atoms with E-state index >= 15 is 0 Å². The van der Waals surface area contributed by atoms with Crippen LogP contribution < -0.4 is 10.2 Å². The maximum Gasteiger partial charge on any atom is 0.493 e. The first kappa shape index (κ1) is 32.1. The number of nitrogens with zero attached hydrogens (tertiary/aromatic N) is 6. The van der Waals surface area contributed by atoms with Crippen LogP contribution in [-0.2, 0) is 19.2 Å². The van der Waals surface area contributed by atoms with Crippen LogP contribution in [0.3, 0.4) is 0 Å². The Morgan fingerprint density at radius 2 is 1.68 bits per heavy atom. The van der Waals surface area contributed by atoms with Crippen LogP contribution in [0.25, 0.3) is 11.2 Å². The zero-order valence-electron chi connectivity index (χ0n) is 24.6. The number of hydrogen-bond donors (Lipinski definition) is 4. The van der Waals surface area contributed by atoms with Crippen molar-refractivity contribution < 1.29 is 47.7 Å². The first-order valence-corrected chi connectivity index (χ1v) is 14.6. The molecule has 4 N–H and O–H groups in total. The maximum absolute atomic E-state index is 12.7. The number of rotatable bonds is 9. The number of imidazole rings is 1. The van der Waals surface area contributed by atoms with Crippen molar-refractivity contribution in [2.45, 2.75) is 36.6 Å². The summed E-state index contributed by atoms with van der Waals surface area (Å²) in [5.74, 6) is -3.36. The Balaban J connectivity index is 1.34. The number of piperazine rings is 1. The third-order valence-electron chi connectivity index (χ3n) is 7.96. The van der Waals surface area contributed by atoms with Crippen LogP contribution in [0.1, 0.15) is 23.3 Å². The molecule has 2 saturated heterocycles. The molecule has 4 heterocycles. The second-order valence-electron chi connectivity index (χ2n) is 11.0. The Labute approximate surface area is 264 Å². The van der Waals surface area contributed by atoms with Gasteiger partial charge >= 0.3 is 12.1 Å². The smallest absolute Gasteiger partial charge is 0.394 e. The second-order valence-corrected chi connectivity index (χ2v) is 11.0. The largest absolute Gasteiger partial charge is 0.493 e. The minimum absolute atomic E-state index is 0.0142. The molecule has 2 fully saturated rings. The molecule has 0 saturated carbocycles. The van der Waals surface area contributed by atoms with Gasteiger partial charge in [0.05, 0.1) is 19.5 Å². The van der Waals surface area contributed by atoms with Gasteiger partial charge < -0.3 is 35.1 Å². The number of aliphatic hydroxyl groups excluding tert-OH is 3. The Hall–Kier alpha value is -4.84. The lowest BCUT2D eigenvalue weighted by Crippen LogP contribution is -2.52. The third-order valence-corrected chi connectivity index (χ3v) is 7.96. The van der Waals surface area contributed by atoms with Crippen LogP contribution in [0, 0.1) is 0 Å². The predicted octanol–water partition coefficient (Wildman–Crippen LogP) is 1.35. The predicted molar refractivity (Wildman–Crippen MR) is 158 cm³/mol. The van der Waals surface area contributed by atoms with Gasteiger partial charge in [-0.05, 0) is 11.1 Å². The minimum Gasteiger partial charge on any atom is -0.394 e. The minimum atomic E-state index is -5.28. The lowest BCUT2D eigenvalue weighted by atomic mass is 9.91. The zero-order chi connectivity index (χ0) is 33.3. The molecule has 2 aliphatic rings. The number of hydrogen-bond acceptors (Lipinski definition) is 12. The number of hydroxylamine groups is 2. The van der Waals surface area contributed by atoms with E-state index in [1.54, 1.807) is 0 Å². The molecule has 0 radical (unpaired) electrons. The average molecular weight is 658 g/mol. The van der Waals surface area contributed by atoms with Crippen LogP contribution >= 0.6 is 0 Å². The topological polar surface area (TPSA) is 175 Å². The molecule has 0 spiro atoms. The number of aromatic nitrogens is 4. The highest BCUT2D eigenvalue weighted by atomic mass is 19.4. The fraction of sp³-hybridized carbons (Fsp3) is 0.367. The summed E-state index contributed by atoms with van der Waals surface area (Å²) in [5, 5.41) is 34.4. The van der Waals surface area contributed by atoms with E-state index in [0.29, 0.717) is 11.6 Å². The highest BCUT2D eigenvalue weighted by Gasteiger charge is 2.45. The van der Waals surface area contributed by atoms with E-state index in [4.69, 9.17) is 4.74 Å². The molecule has 2 aliphatic heterocycles. The summed E-state index contributed by atoms with van der Waals surface area (Å²) in [5.41, 5.74) is 2.44. The number of nitrogens with one attached hydrogen (secondary N) is 1. The molecule has 2 aromatic carbocycles. The van der Waals surface area contributed by atoms with Gasteiger partial charge in [0, 0.05) is 19.0 Å². The number of ether oxygens (including phenoxy) is 1. The summed E-state index contributed by atoms with van der Waals surface area (Å²) in [7, 11) is 0. The number of alkyl halides is 3. The van der Waals surface area contributed by atoms with E-state index in [1.165, 1.54) is 15.8 Å². The first-order valence-electron chi connectivity index (χ1n) is 14.6. The van der Waals surface area contributed by atoms with Crippen molar-refractivity contribution in [3.8, 4) is 0 Å². The van der Waals surface area contributed by atoms with Crippen LogP contribution in [0.2, 0.25) is 0 Å². The second kappa shape index (κ2) is 13.1. The highest BCUT2D eigenvalue weighted by Crippen LogP contribution is 2.34. The van der Waals surface area contributed by atoms with Gasteiger partial charge in [0.25, 0.3) is 5.91 Å². The van der Waals surface area contributed by atoms with Crippen molar-refractivity contribution in [1.82, 2.24) is 24.6 Å². The van der Waals surface area contributed by atoms with Crippen LogP contribution in [0.15, 0.2) is 67.0 Å². The number of benzene rings is 2. The van der Waals surface area contributed by atoms with Gasteiger partial charge in [-0.2, -0.15) is 28.2 Å². The van der Waals surface area contributed by atoms with Gasteiger partial charge in [-0.1, -0.05) is 60.7 Å². The van der Waals surface area contributed by atoms with Crippen molar-refractivity contribution in [2.24, 2.45) is 0 Å². The first-order chi connectivity index (χ1) is 22.5. The summed E-state index contributed by atoms with van der Waals surface area (Å²) in [4.78, 5) is 43.3. The standard InChI is InChI=1S/C30H30F3N7O7/c31-30(32,33)28(45)47-40-12-11-38(14-21(40)42)29-36-25(34-13-19(17-7-3-1-4-8-17)18-9-5-2-6-10-18)22-26(37-29)39(16-35-22)27-24(44)23(43)20(15-41)46-27/h1-10,16,19-20,23-24,27,41,43-44H,11-15H2,(H,34,36,37)/t20-,23-,24+,27-/m1/s1. The van der Waals surface area contributed by atoms with Gasteiger partial charge in [-0.3, -0.25) is 9.36 Å². The molecule has 14 nitrogen and oxygen atoms in total. The van der Waals surface area contributed by atoms with E-state index < -0.39 is 62.3 Å². The van der Waals surface area contributed by atoms with E-state index in [-0.39, 0.29) is 35.4 Å². The van der Waals surface area contributed by atoms with Gasteiger partial charge in [-0.25, -0.2) is 9.78 Å². The number of aliphatic hydroxyl groups is 3. The Bertz CT molecular complexity index is 1690. The molecule has 0 bridgehead atoms. The highest BCUT2D eigenvalue weighted by molar-refractivity contribution is 5.87. The number of halogens is 3. The number of fused-ring (bicyclic) bond motifs is 1. The SMILES string of the molecule is O=C1CN(c2nc(NCC(c3ccccc3)c3ccccc3)c3ncn([C@@H]4O[C@H](CO)[C@@H](O)[C@@H]4O)c3n2)CCN1OC(=O)C(F)(F)F. The van der Waals surface area contributed by atoms with Crippen LogP contribution in [-0.4, -0.2) is 109 Å². The lowest BCUT2D eigenvalue weighted by molar-refractivity contribution is -0.237. The van der Waals surface area contributed by atoms with Crippen molar-refractivity contribution in [1.29, 1.82) is 0 Å². The van der Waals surface area contributed by atoms with Gasteiger partial charge in [0.1, 0.15) is 24.9 Å². The number of anilines is 2. The zero-order valence-corrected chi connectivity index (χ0v) is 24.6. The molecule has 0 aliphatic carbocycles. The molecule has 6 rings (SSSR count). The summed E-state index contributed by atoms with van der Waals surface area (Å²) < 4.78 is 45.3. The fourth-order valence-electron chi connectivity index (χ4n) is 5.54. The van der Waals surface area contributed by atoms with E-state index in [1.807, 2.05) is 60.7 Å². The molecule has 4 aromatic rings. The third kappa shape index (κ3) is 6.55. The summed E-state index contributed by atoms with van der Waals surface area (Å²) in [6, 6.07) is 19.5. The molecule has 47 heavy (non-hydrogen) atoms. The van der Waals surface area contributed by atoms with E-state index in [2.05, 4.69) is 25.1 Å². The molecule has 2 aromatic heterocycles. The Kier molecular flexibility index (Phi) is 8.96. The molecule has 1 amide bonds. The number of carbonyl (C=O) groups is 2. The summed E-state index contributed by atoms with van der Waals surface area (Å²) >= 11 is 0. The van der Waals surface area contributed by atoms with E-state index in [9.17, 15) is 38.1 Å². The molecule has 4 atom stereocenters. The normalized spacial score (nSPS) is 21.9. The molecule has 248 valence electrons. The molecule has 0 unspecified atom stereocenters. The number of carbonyl (C=O) groups excluding carboxylic acids is 2. The lowest BCUT2D eigenvalue weighted by Gasteiger charge is -2.33. The molecular formula is C30H30F3N7O7. The van der Waals surface area contributed by atoms with Gasteiger partial charge in [-0.15, -0.1) is 0 Å². The number of amides is 1. The van der Waals surface area contributed by atoms with Crippen molar-refractivity contribution in [2.75, 3.05) is 43.0 Å². The van der Waals surface area contributed by atoms with Crippen LogP contribution in [0.5, 0.6) is 0 Å². The monoisotopic (exact) mass is 657 g/mol. The van der Waals surface area contributed by atoms with Crippen LogP contribution in [0.4, 0.5) is 24.9 Å². The average Bonchev–Trinajstić information content (AvgIpc) is 3.62. The summed E-state index contributed by atoms with van der Waals surface area (Å²) in [6.07, 6.45) is -9.06. The Morgan fingerprint density at radius 3 is 2.26 bits per heavy atom.